The van der Waals surface area contributed by atoms with Gasteiger partial charge in [-0.05, 0) is 144 Å². The molecular formula is C62H124O13. The summed E-state index contributed by atoms with van der Waals surface area (Å²) in [6.45, 7) is 20.8. The van der Waals surface area contributed by atoms with Crippen molar-refractivity contribution in [2.24, 2.45) is 71.0 Å². The van der Waals surface area contributed by atoms with E-state index in [4.69, 9.17) is 46.0 Å². The molecule has 6 saturated carbocycles. The van der Waals surface area contributed by atoms with Gasteiger partial charge in [-0.1, -0.05) is 170 Å². The topological polar surface area (TPSA) is 249 Å². The molecule has 0 aromatic rings. The van der Waals surface area contributed by atoms with E-state index in [2.05, 4.69) is 46.3 Å². The molecule has 13 nitrogen and oxygen atoms in total. The van der Waals surface area contributed by atoms with Crippen LogP contribution in [0.2, 0.25) is 0 Å². The van der Waals surface area contributed by atoms with Crippen LogP contribution in [0.5, 0.6) is 0 Å². The molecule has 11 N–H and O–H groups in total. The number of hydrogen-bond donors (Lipinski definition) is 11. The van der Waals surface area contributed by atoms with Crippen molar-refractivity contribution in [3.05, 3.63) is 0 Å². The average Bonchev–Trinajstić information content (AvgIpc) is 3.34. The SMILES string of the molecule is CC(=O)OCCC(O)O.CC(O)CC1CCC(C)CC1.CC(O)CCC1CCC(C)CC1.CC1CCC(C(C)O)CC1.CC1CCC(C(O)O)CC1.CC1CCC(CC(O)O)CC1.CC1CCC(CCC(O)O)CC1. The standard InChI is InChI=1S/C11H22O.C10H20O2.C10H20O.C9H18O2.C9H18O.C8H16O2.C5H10O4/c1-9-3-6-11(7-4-9)8-5-10(2)12;1-8-2-4-9(5-3-8)6-7-10(11)12;1-8-3-5-10(6-4-8)7-9(2)11;1-7-2-4-8(5-3-7)6-9(10)11;1-7-3-5-9(6-4-7)8(2)10;1-6-2-4-7(5-3-6)8(9)10;1-4(6)9-3-2-5(7)8/h9-12H,3-8H2,1-2H3;8-12H,2-7H2,1H3;8-11H,3-7H2,1-2H3;7-11H,2-6H2,1H3;7-10H,3-6H2,1-2H3;6-10H,2-5H2,1H3;5,7-8H,2-3H2,1H3. The Kier molecular flexibility index (Phi) is 44.2. The van der Waals surface area contributed by atoms with Gasteiger partial charge < -0.3 is 60.9 Å². The summed E-state index contributed by atoms with van der Waals surface area (Å²) in [7, 11) is 0. The third-order valence-corrected chi connectivity index (χ3v) is 17.5. The van der Waals surface area contributed by atoms with Crippen molar-refractivity contribution in [1.82, 2.24) is 0 Å². The van der Waals surface area contributed by atoms with Crippen LogP contribution in [-0.2, 0) is 9.53 Å². The molecule has 0 amide bonds. The molecule has 0 radical (unpaired) electrons. The number of esters is 1. The molecule has 0 aromatic carbocycles. The van der Waals surface area contributed by atoms with Crippen molar-refractivity contribution < 1.29 is 65.7 Å². The molecule has 6 aliphatic carbocycles. The first kappa shape index (κ1) is 74.0. The maximum atomic E-state index is 10.0. The first-order valence-electron chi connectivity index (χ1n) is 30.9. The van der Waals surface area contributed by atoms with Crippen LogP contribution in [0.1, 0.15) is 268 Å². The Morgan fingerprint density at radius 2 is 0.680 bits per heavy atom. The van der Waals surface area contributed by atoms with Crippen LogP contribution in [0.25, 0.3) is 0 Å². The highest BCUT2D eigenvalue weighted by molar-refractivity contribution is 5.65. The number of aliphatic hydroxyl groups excluding tert-OH is 7. The van der Waals surface area contributed by atoms with E-state index in [0.29, 0.717) is 24.7 Å². The van der Waals surface area contributed by atoms with Crippen molar-refractivity contribution in [2.75, 3.05) is 6.61 Å². The number of aliphatic hydroxyl groups is 11. The highest BCUT2D eigenvalue weighted by Gasteiger charge is 2.25. The minimum Gasteiger partial charge on any atom is -0.466 e. The molecule has 0 spiro atoms. The van der Waals surface area contributed by atoms with Crippen molar-refractivity contribution >= 4 is 5.97 Å². The normalized spacial score (nSPS) is 31.1. The minimum absolute atomic E-state index is 0.0625. The summed E-state index contributed by atoms with van der Waals surface area (Å²) in [5.74, 6) is 8.68. The van der Waals surface area contributed by atoms with Crippen LogP contribution in [-0.4, -0.2) is 112 Å². The molecule has 0 saturated heterocycles. The fraction of sp³-hybridized carbons (Fsp3) is 0.984. The van der Waals surface area contributed by atoms with Crippen LogP contribution in [0.15, 0.2) is 0 Å². The lowest BCUT2D eigenvalue weighted by atomic mass is 9.80. The Labute approximate surface area is 459 Å². The Bertz CT molecular complexity index is 1160. The fourth-order valence-electron chi connectivity index (χ4n) is 11.7. The molecule has 6 fully saturated rings. The van der Waals surface area contributed by atoms with Gasteiger partial charge in [-0.2, -0.15) is 0 Å². The summed E-state index contributed by atoms with van der Waals surface area (Å²) in [4.78, 5) is 10.0. The summed E-state index contributed by atoms with van der Waals surface area (Å²) >= 11 is 0. The second-order valence-corrected chi connectivity index (χ2v) is 25.6. The number of ether oxygens (including phenoxy) is 1. The van der Waals surface area contributed by atoms with Crippen molar-refractivity contribution in [3.63, 3.8) is 0 Å². The molecule has 0 aromatic heterocycles. The highest BCUT2D eigenvalue weighted by Crippen LogP contribution is 2.35. The van der Waals surface area contributed by atoms with Gasteiger partial charge in [0, 0.05) is 25.7 Å². The smallest absolute Gasteiger partial charge is 0.302 e. The van der Waals surface area contributed by atoms with E-state index in [-0.39, 0.29) is 37.3 Å². The van der Waals surface area contributed by atoms with Gasteiger partial charge in [-0.25, -0.2) is 0 Å². The van der Waals surface area contributed by atoms with E-state index in [1.54, 1.807) is 0 Å². The maximum absolute atomic E-state index is 10.0. The number of rotatable bonds is 15. The zero-order valence-corrected chi connectivity index (χ0v) is 49.8. The predicted octanol–water partition coefficient (Wildman–Crippen LogP) is 11.5. The van der Waals surface area contributed by atoms with Gasteiger partial charge in [0.1, 0.15) is 0 Å². The van der Waals surface area contributed by atoms with Crippen molar-refractivity contribution in [1.29, 1.82) is 0 Å². The quantitative estimate of drug-likeness (QED) is 0.0540. The summed E-state index contributed by atoms with van der Waals surface area (Å²) < 4.78 is 4.39. The Hall–Kier alpha value is -0.970. The number of carbonyl (C=O) groups excluding carboxylic acids is 1. The molecule has 0 aliphatic heterocycles. The molecular weight excluding hydrogens is 953 g/mol. The van der Waals surface area contributed by atoms with Crippen LogP contribution < -0.4 is 0 Å². The zero-order valence-electron chi connectivity index (χ0n) is 49.8. The average molecular weight is 1080 g/mol. The van der Waals surface area contributed by atoms with Gasteiger partial charge in [0.15, 0.2) is 25.2 Å². The molecule has 450 valence electrons. The van der Waals surface area contributed by atoms with E-state index in [9.17, 15) is 15.0 Å². The van der Waals surface area contributed by atoms with Gasteiger partial charge in [0.05, 0.1) is 24.9 Å². The third-order valence-electron chi connectivity index (χ3n) is 17.5. The Morgan fingerprint density at radius 1 is 0.373 bits per heavy atom. The van der Waals surface area contributed by atoms with Crippen LogP contribution in [0.3, 0.4) is 0 Å². The van der Waals surface area contributed by atoms with E-state index in [1.807, 2.05) is 20.8 Å². The molecule has 0 bridgehead atoms. The Morgan fingerprint density at radius 3 is 0.960 bits per heavy atom. The molecule has 13 heteroatoms. The molecule has 0 heterocycles. The molecule has 3 atom stereocenters. The van der Waals surface area contributed by atoms with Gasteiger partial charge >= 0.3 is 5.97 Å². The van der Waals surface area contributed by atoms with Gasteiger partial charge in [0.2, 0.25) is 0 Å². The van der Waals surface area contributed by atoms with Crippen LogP contribution in [0.4, 0.5) is 0 Å². The summed E-state index contributed by atoms with van der Waals surface area (Å²) in [6.07, 6.45) is 31.1. The molecule has 3 unspecified atom stereocenters. The first-order chi connectivity index (χ1) is 35.2. The zero-order chi connectivity index (χ0) is 56.9. The van der Waals surface area contributed by atoms with E-state index < -0.39 is 31.1 Å². The number of hydrogen-bond acceptors (Lipinski definition) is 13. The largest absolute Gasteiger partial charge is 0.466 e. The highest BCUT2D eigenvalue weighted by atomic mass is 16.5. The van der Waals surface area contributed by atoms with Gasteiger partial charge in [0.25, 0.3) is 0 Å². The molecule has 6 rings (SSSR count). The van der Waals surface area contributed by atoms with Gasteiger partial charge in [-0.15, -0.1) is 0 Å². The molecule has 75 heavy (non-hydrogen) atoms. The lowest BCUT2D eigenvalue weighted by Crippen LogP contribution is -2.24. The predicted molar refractivity (Wildman–Crippen MR) is 304 cm³/mol. The lowest BCUT2D eigenvalue weighted by molar-refractivity contribution is -0.143. The van der Waals surface area contributed by atoms with Crippen LogP contribution in [0, 0.1) is 71.0 Å². The first-order valence-corrected chi connectivity index (χ1v) is 30.9. The summed E-state index contributed by atoms with van der Waals surface area (Å²) in [6, 6.07) is 0. The number of carbonyl (C=O) groups is 1. The summed E-state index contributed by atoms with van der Waals surface area (Å²) in [5, 5.41) is 96.5. The summed E-state index contributed by atoms with van der Waals surface area (Å²) in [5.41, 5.74) is 0. The van der Waals surface area contributed by atoms with E-state index >= 15 is 0 Å². The van der Waals surface area contributed by atoms with Crippen molar-refractivity contribution in [3.8, 4) is 0 Å². The molecule has 6 aliphatic rings. The minimum atomic E-state index is -1.38. The second kappa shape index (κ2) is 44.7. The fourth-order valence-corrected chi connectivity index (χ4v) is 11.7. The van der Waals surface area contributed by atoms with E-state index in [0.717, 1.165) is 98.2 Å². The monoisotopic (exact) mass is 1080 g/mol. The third kappa shape index (κ3) is 44.5. The van der Waals surface area contributed by atoms with Crippen molar-refractivity contribution in [2.45, 2.75) is 312 Å². The maximum Gasteiger partial charge on any atom is 0.302 e. The lowest BCUT2D eigenvalue weighted by Gasteiger charge is -2.27. The van der Waals surface area contributed by atoms with Gasteiger partial charge in [-0.3, -0.25) is 4.79 Å². The Balaban J connectivity index is 0.000000854. The van der Waals surface area contributed by atoms with E-state index in [1.165, 1.54) is 142 Å². The van der Waals surface area contributed by atoms with Crippen LogP contribution >= 0.6 is 0 Å². The second-order valence-electron chi connectivity index (χ2n) is 25.6.